The van der Waals surface area contributed by atoms with Crippen LogP contribution in [0, 0.1) is 0 Å². The number of carbonyl (C=O) groups excluding carboxylic acids is 2. The molecule has 0 aliphatic heterocycles. The van der Waals surface area contributed by atoms with Crippen LogP contribution in [0.1, 0.15) is 57.4 Å². The predicted octanol–water partition coefficient (Wildman–Crippen LogP) is 3.81. The lowest BCUT2D eigenvalue weighted by atomic mass is 9.78. The van der Waals surface area contributed by atoms with Gasteiger partial charge in [-0.2, -0.15) is 0 Å². The van der Waals surface area contributed by atoms with Gasteiger partial charge in [0.1, 0.15) is 5.54 Å². The summed E-state index contributed by atoms with van der Waals surface area (Å²) in [6.07, 6.45) is 3.53. The first-order valence-electron chi connectivity index (χ1n) is 9.24. The van der Waals surface area contributed by atoms with Crippen LogP contribution in [0.3, 0.4) is 0 Å². The zero-order chi connectivity index (χ0) is 19.2. The average Bonchev–Trinajstić information content (AvgIpc) is 2.66. The summed E-state index contributed by atoms with van der Waals surface area (Å²) in [5.41, 5.74) is -0.0289. The summed E-state index contributed by atoms with van der Waals surface area (Å²) in [5, 5.41) is 9.92. The summed E-state index contributed by atoms with van der Waals surface area (Å²) >= 11 is 3.42. The van der Waals surface area contributed by atoms with E-state index in [-0.39, 0.29) is 11.9 Å². The van der Waals surface area contributed by atoms with Gasteiger partial charge < -0.3 is 14.7 Å². The van der Waals surface area contributed by atoms with Crippen LogP contribution in [-0.2, 0) is 20.9 Å². The molecule has 6 heteroatoms. The SMILES string of the molecule is CCCCC(=O)N(Cc1ccc(Br)cc1)[C@]1(C(=O)OC)CC[C@@H](O)CC1. The minimum atomic E-state index is -0.994. The second kappa shape index (κ2) is 9.51. The van der Waals surface area contributed by atoms with Crippen molar-refractivity contribution < 1.29 is 19.4 Å². The molecule has 1 amide bonds. The van der Waals surface area contributed by atoms with Crippen LogP contribution in [0.5, 0.6) is 0 Å². The molecule has 0 aromatic heterocycles. The predicted molar refractivity (Wildman–Crippen MR) is 103 cm³/mol. The number of carbonyl (C=O) groups is 2. The smallest absolute Gasteiger partial charge is 0.331 e. The number of amides is 1. The maximum Gasteiger partial charge on any atom is 0.331 e. The zero-order valence-corrected chi connectivity index (χ0v) is 17.1. The lowest BCUT2D eigenvalue weighted by molar-refractivity contribution is -0.167. The summed E-state index contributed by atoms with van der Waals surface area (Å²) in [5.74, 6) is -0.414. The van der Waals surface area contributed by atoms with Crippen molar-refractivity contribution in [1.82, 2.24) is 4.90 Å². The van der Waals surface area contributed by atoms with Crippen molar-refractivity contribution in [2.24, 2.45) is 0 Å². The second-order valence-corrected chi connectivity index (χ2v) is 7.88. The third-order valence-corrected chi connectivity index (χ3v) is 5.69. The number of halogens is 1. The molecule has 0 bridgehead atoms. The Morgan fingerprint density at radius 3 is 2.42 bits per heavy atom. The summed E-state index contributed by atoms with van der Waals surface area (Å²) in [6, 6.07) is 7.76. The number of hydrogen-bond donors (Lipinski definition) is 1. The molecular weight excluding hydrogens is 398 g/mol. The van der Waals surface area contributed by atoms with Gasteiger partial charge in [-0.3, -0.25) is 4.79 Å². The fourth-order valence-electron chi connectivity index (χ4n) is 3.57. The number of hydrogen-bond acceptors (Lipinski definition) is 4. The van der Waals surface area contributed by atoms with Crippen LogP contribution in [0.4, 0.5) is 0 Å². The van der Waals surface area contributed by atoms with E-state index in [1.165, 1.54) is 7.11 Å². The Hall–Kier alpha value is -1.40. The Morgan fingerprint density at radius 1 is 1.27 bits per heavy atom. The monoisotopic (exact) mass is 425 g/mol. The topological polar surface area (TPSA) is 66.8 Å². The summed E-state index contributed by atoms with van der Waals surface area (Å²) in [7, 11) is 1.36. The van der Waals surface area contributed by atoms with Crippen molar-refractivity contribution in [2.75, 3.05) is 7.11 Å². The third-order valence-electron chi connectivity index (χ3n) is 5.16. The molecule has 144 valence electrons. The van der Waals surface area contributed by atoms with E-state index in [4.69, 9.17) is 4.74 Å². The van der Waals surface area contributed by atoms with E-state index in [9.17, 15) is 14.7 Å². The van der Waals surface area contributed by atoms with Gasteiger partial charge in [-0.15, -0.1) is 0 Å². The molecule has 0 atom stereocenters. The highest BCUT2D eigenvalue weighted by Crippen LogP contribution is 2.37. The van der Waals surface area contributed by atoms with Crippen molar-refractivity contribution >= 4 is 27.8 Å². The van der Waals surface area contributed by atoms with E-state index < -0.39 is 11.6 Å². The highest BCUT2D eigenvalue weighted by molar-refractivity contribution is 9.10. The van der Waals surface area contributed by atoms with Gasteiger partial charge in [0.05, 0.1) is 13.2 Å². The van der Waals surface area contributed by atoms with Gasteiger partial charge in [-0.25, -0.2) is 4.79 Å². The quantitative estimate of drug-likeness (QED) is 0.674. The molecule has 1 N–H and O–H groups in total. The second-order valence-electron chi connectivity index (χ2n) is 6.96. The molecule has 2 rings (SSSR count). The van der Waals surface area contributed by atoms with E-state index in [1.807, 2.05) is 31.2 Å². The van der Waals surface area contributed by atoms with Gasteiger partial charge in [-0.1, -0.05) is 41.4 Å². The molecule has 5 nitrogen and oxygen atoms in total. The summed E-state index contributed by atoms with van der Waals surface area (Å²) in [4.78, 5) is 27.5. The van der Waals surface area contributed by atoms with Gasteiger partial charge >= 0.3 is 5.97 Å². The molecular formula is C20H28BrNO4. The molecule has 1 fully saturated rings. The summed E-state index contributed by atoms with van der Waals surface area (Å²) < 4.78 is 6.07. The minimum absolute atomic E-state index is 0.0310. The van der Waals surface area contributed by atoms with E-state index in [0.29, 0.717) is 38.6 Å². The lowest BCUT2D eigenvalue weighted by Gasteiger charge is -2.45. The molecule has 1 aromatic carbocycles. The Balaban J connectivity index is 2.36. The Morgan fingerprint density at radius 2 is 1.88 bits per heavy atom. The van der Waals surface area contributed by atoms with E-state index in [2.05, 4.69) is 15.9 Å². The number of rotatable bonds is 7. The first-order valence-corrected chi connectivity index (χ1v) is 10.0. The first kappa shape index (κ1) is 20.9. The fraction of sp³-hybridized carbons (Fsp3) is 0.600. The van der Waals surface area contributed by atoms with Gasteiger partial charge in [0.2, 0.25) is 5.91 Å². The Kier molecular flexibility index (Phi) is 7.65. The molecule has 0 unspecified atom stereocenters. The highest BCUT2D eigenvalue weighted by Gasteiger charge is 2.49. The number of methoxy groups -OCH3 is 1. The lowest BCUT2D eigenvalue weighted by Crippen LogP contribution is -2.59. The van der Waals surface area contributed by atoms with Gasteiger partial charge in [0.25, 0.3) is 0 Å². The van der Waals surface area contributed by atoms with E-state index in [1.54, 1.807) is 4.90 Å². The number of ether oxygens (including phenoxy) is 1. The highest BCUT2D eigenvalue weighted by atomic mass is 79.9. The molecule has 0 spiro atoms. The minimum Gasteiger partial charge on any atom is -0.467 e. The molecule has 1 aliphatic rings. The van der Waals surface area contributed by atoms with Crippen molar-refractivity contribution in [2.45, 2.75) is 70.1 Å². The van der Waals surface area contributed by atoms with Gasteiger partial charge in [0, 0.05) is 17.4 Å². The third kappa shape index (κ3) is 4.86. The number of unbranched alkanes of at least 4 members (excludes halogenated alkanes) is 1. The van der Waals surface area contributed by atoms with Crippen LogP contribution < -0.4 is 0 Å². The Labute approximate surface area is 163 Å². The zero-order valence-electron chi connectivity index (χ0n) is 15.5. The van der Waals surface area contributed by atoms with Crippen LogP contribution in [0.15, 0.2) is 28.7 Å². The molecule has 1 saturated carbocycles. The van der Waals surface area contributed by atoms with Crippen LogP contribution in [-0.4, -0.2) is 40.6 Å². The number of aliphatic hydroxyl groups excluding tert-OH is 1. The van der Waals surface area contributed by atoms with Crippen LogP contribution in [0.2, 0.25) is 0 Å². The first-order chi connectivity index (χ1) is 12.4. The molecule has 1 aliphatic carbocycles. The fourth-order valence-corrected chi connectivity index (χ4v) is 3.83. The number of esters is 1. The Bertz CT molecular complexity index is 609. The van der Waals surface area contributed by atoms with Crippen LogP contribution in [0.25, 0.3) is 0 Å². The van der Waals surface area contributed by atoms with E-state index in [0.717, 1.165) is 22.9 Å². The maximum absolute atomic E-state index is 13.0. The van der Waals surface area contributed by atoms with Gasteiger partial charge in [-0.05, 0) is 49.8 Å². The number of benzene rings is 1. The van der Waals surface area contributed by atoms with E-state index >= 15 is 0 Å². The van der Waals surface area contributed by atoms with Crippen molar-refractivity contribution in [3.63, 3.8) is 0 Å². The molecule has 0 radical (unpaired) electrons. The standard InChI is InChI=1S/C20H28BrNO4/c1-3-4-5-18(24)22(14-15-6-8-16(21)9-7-15)20(19(25)26-2)12-10-17(23)11-13-20/h6-9,17,23H,3-5,10-14H2,1-2H3/t17-,20-. The molecule has 0 saturated heterocycles. The van der Waals surface area contributed by atoms with Crippen molar-refractivity contribution in [3.05, 3.63) is 34.3 Å². The largest absolute Gasteiger partial charge is 0.467 e. The maximum atomic E-state index is 13.0. The summed E-state index contributed by atoms with van der Waals surface area (Å²) in [6.45, 7) is 2.40. The van der Waals surface area contributed by atoms with Crippen molar-refractivity contribution in [1.29, 1.82) is 0 Å². The van der Waals surface area contributed by atoms with Gasteiger partial charge in [0.15, 0.2) is 0 Å². The molecule has 26 heavy (non-hydrogen) atoms. The van der Waals surface area contributed by atoms with Crippen LogP contribution >= 0.6 is 15.9 Å². The number of nitrogens with zero attached hydrogens (tertiary/aromatic N) is 1. The number of aliphatic hydroxyl groups is 1. The molecule has 1 aromatic rings. The average molecular weight is 426 g/mol. The van der Waals surface area contributed by atoms with Crippen molar-refractivity contribution in [3.8, 4) is 0 Å². The normalized spacial score (nSPS) is 22.7. The molecule has 0 heterocycles.